The molecule has 6 rings (SSSR count). The van der Waals surface area contributed by atoms with E-state index in [1.807, 2.05) is 35.7 Å². The number of nitrogens with one attached hydrogen (secondary N) is 2. The predicted molar refractivity (Wildman–Crippen MR) is 141 cm³/mol. The van der Waals surface area contributed by atoms with Gasteiger partial charge in [0.25, 0.3) is 5.91 Å². The average molecular weight is 517 g/mol. The zero-order valence-corrected chi connectivity index (χ0v) is 21.2. The van der Waals surface area contributed by atoms with Crippen LogP contribution in [-0.4, -0.2) is 45.4 Å². The van der Waals surface area contributed by atoms with Gasteiger partial charge < -0.3 is 19.4 Å². The van der Waals surface area contributed by atoms with Crippen LogP contribution in [0.25, 0.3) is 11.4 Å². The number of carbonyl (C=O) groups excluding carboxylic acids is 1. The number of nitrogens with zero attached hydrogens (tertiary/aromatic N) is 4. The minimum atomic E-state index is -0.263. The van der Waals surface area contributed by atoms with Gasteiger partial charge in [-0.05, 0) is 62.2 Å². The second kappa shape index (κ2) is 10.7. The van der Waals surface area contributed by atoms with Crippen LogP contribution >= 0.6 is 11.3 Å². The maximum absolute atomic E-state index is 13.0. The Morgan fingerprint density at radius 3 is 2.81 bits per heavy atom. The van der Waals surface area contributed by atoms with Crippen molar-refractivity contribution in [3.63, 3.8) is 0 Å². The van der Waals surface area contributed by atoms with Gasteiger partial charge in [-0.1, -0.05) is 0 Å². The molecule has 1 fully saturated rings. The Balaban J connectivity index is 1.21. The molecule has 2 N–H and O–H groups in total. The number of aryl methyl sites for hydroxylation is 1. The average Bonchev–Trinajstić information content (AvgIpc) is 3.68. The van der Waals surface area contributed by atoms with Crippen molar-refractivity contribution in [1.29, 1.82) is 0 Å². The van der Waals surface area contributed by atoms with Gasteiger partial charge in [0.15, 0.2) is 11.0 Å². The lowest BCUT2D eigenvalue weighted by molar-refractivity contribution is 0.102. The van der Waals surface area contributed by atoms with Crippen LogP contribution in [-0.2, 0) is 13.0 Å². The number of rotatable bonds is 8. The van der Waals surface area contributed by atoms with E-state index in [-0.39, 0.29) is 5.91 Å². The standard InChI is InChI=1S/C27H28N6O3S/c34-26(30-27-29-10-12-37-27)20-13-22(35-17-18-3-1-9-28-16-18)15-23(14-20)36-21-7-5-19(6-8-21)25-32-31-24-4-2-11-33(24)25/h5-8,10,12-15,18,28H,1-4,9,11,16-17H2,(H,29,30,34). The zero-order chi connectivity index (χ0) is 25.0. The normalized spacial score (nSPS) is 16.8. The number of benzene rings is 2. The van der Waals surface area contributed by atoms with Crippen molar-refractivity contribution < 1.29 is 14.3 Å². The number of hydrogen-bond acceptors (Lipinski definition) is 8. The number of piperidine rings is 1. The van der Waals surface area contributed by atoms with E-state index in [0.717, 1.165) is 62.5 Å². The van der Waals surface area contributed by atoms with Gasteiger partial charge in [-0.3, -0.25) is 10.1 Å². The maximum atomic E-state index is 13.0. The highest BCUT2D eigenvalue weighted by Crippen LogP contribution is 2.31. The molecular weight excluding hydrogens is 488 g/mol. The van der Waals surface area contributed by atoms with Crippen LogP contribution in [0.5, 0.6) is 17.2 Å². The third-order valence-electron chi connectivity index (χ3n) is 6.64. The fourth-order valence-electron chi connectivity index (χ4n) is 4.75. The topological polar surface area (TPSA) is 103 Å². The molecule has 2 aromatic carbocycles. The van der Waals surface area contributed by atoms with Gasteiger partial charge >= 0.3 is 0 Å². The number of carbonyl (C=O) groups is 1. The highest BCUT2D eigenvalue weighted by Gasteiger charge is 2.19. The summed E-state index contributed by atoms with van der Waals surface area (Å²) in [4.78, 5) is 17.1. The molecule has 1 saturated heterocycles. The summed E-state index contributed by atoms with van der Waals surface area (Å²) in [5.41, 5.74) is 1.44. The van der Waals surface area contributed by atoms with Crippen molar-refractivity contribution in [2.45, 2.75) is 32.2 Å². The lowest BCUT2D eigenvalue weighted by Gasteiger charge is -2.23. The molecule has 1 atom stereocenters. The second-order valence-corrected chi connectivity index (χ2v) is 10.2. The van der Waals surface area contributed by atoms with Crippen molar-refractivity contribution >= 4 is 22.4 Å². The Bertz CT molecular complexity index is 1360. The van der Waals surface area contributed by atoms with Gasteiger partial charge in [0.05, 0.1) is 6.61 Å². The molecule has 190 valence electrons. The first-order valence-corrected chi connectivity index (χ1v) is 13.5. The SMILES string of the molecule is O=C(Nc1nccs1)c1cc(OCC2CCCNC2)cc(Oc2ccc(-c3nnc4n3CCC4)cc2)c1. The van der Waals surface area contributed by atoms with Gasteiger partial charge in [-0.25, -0.2) is 4.98 Å². The first-order valence-electron chi connectivity index (χ1n) is 12.6. The predicted octanol–water partition coefficient (Wildman–Crippen LogP) is 4.77. The van der Waals surface area contributed by atoms with Crippen molar-refractivity contribution in [2.75, 3.05) is 25.0 Å². The lowest BCUT2D eigenvalue weighted by atomic mass is 10.0. The van der Waals surface area contributed by atoms with Crippen LogP contribution in [0.3, 0.4) is 0 Å². The molecule has 4 aromatic rings. The van der Waals surface area contributed by atoms with Gasteiger partial charge in [0, 0.05) is 54.2 Å². The van der Waals surface area contributed by atoms with Crippen molar-refractivity contribution in [3.8, 4) is 28.6 Å². The van der Waals surface area contributed by atoms with Crippen molar-refractivity contribution in [3.05, 3.63) is 65.4 Å². The van der Waals surface area contributed by atoms with Crippen LogP contribution < -0.4 is 20.1 Å². The van der Waals surface area contributed by atoms with E-state index in [9.17, 15) is 4.79 Å². The molecule has 4 heterocycles. The number of aromatic nitrogens is 4. The number of fused-ring (bicyclic) bond motifs is 1. The molecule has 37 heavy (non-hydrogen) atoms. The largest absolute Gasteiger partial charge is 0.493 e. The quantitative estimate of drug-likeness (QED) is 0.348. The smallest absolute Gasteiger partial charge is 0.257 e. The molecule has 2 aromatic heterocycles. The molecule has 0 aliphatic carbocycles. The summed E-state index contributed by atoms with van der Waals surface area (Å²) < 4.78 is 14.5. The third-order valence-corrected chi connectivity index (χ3v) is 7.33. The summed E-state index contributed by atoms with van der Waals surface area (Å²) in [5.74, 6) is 3.89. The van der Waals surface area contributed by atoms with Crippen LogP contribution in [0, 0.1) is 5.92 Å². The molecule has 0 radical (unpaired) electrons. The summed E-state index contributed by atoms with van der Waals surface area (Å²) in [5, 5.41) is 17.3. The molecule has 1 unspecified atom stereocenters. The fourth-order valence-corrected chi connectivity index (χ4v) is 5.28. The molecular formula is C27H28N6O3S. The molecule has 10 heteroatoms. The highest BCUT2D eigenvalue weighted by atomic mass is 32.1. The minimum Gasteiger partial charge on any atom is -0.493 e. The minimum absolute atomic E-state index is 0.263. The Labute approximate surface area is 218 Å². The summed E-state index contributed by atoms with van der Waals surface area (Å²) >= 11 is 1.37. The number of hydrogen-bond donors (Lipinski definition) is 2. The van der Waals surface area contributed by atoms with Gasteiger partial charge in [-0.15, -0.1) is 21.5 Å². The number of anilines is 1. The Hall–Kier alpha value is -3.76. The molecule has 1 amide bonds. The van der Waals surface area contributed by atoms with Gasteiger partial charge in [0.2, 0.25) is 0 Å². The van der Waals surface area contributed by atoms with Crippen LogP contribution in [0.15, 0.2) is 54.0 Å². The van der Waals surface area contributed by atoms with E-state index in [1.165, 1.54) is 11.3 Å². The molecule has 9 nitrogen and oxygen atoms in total. The van der Waals surface area contributed by atoms with E-state index < -0.39 is 0 Å². The van der Waals surface area contributed by atoms with E-state index >= 15 is 0 Å². The number of thiazole rings is 1. The zero-order valence-electron chi connectivity index (χ0n) is 20.4. The maximum Gasteiger partial charge on any atom is 0.257 e. The van der Waals surface area contributed by atoms with Crippen LogP contribution in [0.2, 0.25) is 0 Å². The summed E-state index contributed by atoms with van der Waals surface area (Å²) in [6.07, 6.45) is 6.01. The lowest BCUT2D eigenvalue weighted by Crippen LogP contribution is -2.33. The molecule has 2 aliphatic rings. The summed E-state index contributed by atoms with van der Waals surface area (Å²) in [6.45, 7) is 3.53. The van der Waals surface area contributed by atoms with E-state index in [0.29, 0.717) is 40.5 Å². The molecule has 2 aliphatic heterocycles. The Morgan fingerprint density at radius 2 is 2.00 bits per heavy atom. The number of amides is 1. The molecule has 0 spiro atoms. The fraction of sp³-hybridized carbons (Fsp3) is 0.333. The number of ether oxygens (including phenoxy) is 2. The highest BCUT2D eigenvalue weighted by molar-refractivity contribution is 7.13. The van der Waals surface area contributed by atoms with E-state index in [1.54, 1.807) is 18.3 Å². The summed E-state index contributed by atoms with van der Waals surface area (Å²) in [7, 11) is 0. The van der Waals surface area contributed by atoms with Crippen LogP contribution in [0.1, 0.15) is 35.4 Å². The van der Waals surface area contributed by atoms with E-state index in [2.05, 4.69) is 30.4 Å². The Morgan fingerprint density at radius 1 is 1.11 bits per heavy atom. The van der Waals surface area contributed by atoms with Gasteiger partial charge in [0.1, 0.15) is 23.1 Å². The monoisotopic (exact) mass is 516 g/mol. The van der Waals surface area contributed by atoms with Gasteiger partial charge in [-0.2, -0.15) is 0 Å². The Kier molecular flexibility index (Phi) is 6.83. The first kappa shape index (κ1) is 23.6. The third kappa shape index (κ3) is 5.50. The summed E-state index contributed by atoms with van der Waals surface area (Å²) in [6, 6.07) is 13.1. The van der Waals surface area contributed by atoms with Crippen LogP contribution in [0.4, 0.5) is 5.13 Å². The first-order chi connectivity index (χ1) is 18.2. The second-order valence-electron chi connectivity index (χ2n) is 9.33. The van der Waals surface area contributed by atoms with E-state index in [4.69, 9.17) is 9.47 Å². The van der Waals surface area contributed by atoms with Crippen molar-refractivity contribution in [2.24, 2.45) is 5.92 Å². The van der Waals surface area contributed by atoms with Crippen molar-refractivity contribution in [1.82, 2.24) is 25.1 Å². The molecule has 0 bridgehead atoms. The molecule has 0 saturated carbocycles.